The van der Waals surface area contributed by atoms with Crippen LogP contribution < -0.4 is 34.7 Å². The second-order valence-corrected chi connectivity index (χ2v) is 7.90. The first kappa shape index (κ1) is 22.5. The molecular weight excluding hydrogens is 424 g/mol. The molecule has 0 N–H and O–H groups in total. The van der Waals surface area contributed by atoms with Crippen LogP contribution in [0, 0.1) is 5.82 Å². The predicted molar refractivity (Wildman–Crippen MR) is 107 cm³/mol. The molecule has 158 valence electrons. The smallest absolute Gasteiger partial charge is 0.550 e. The third-order valence-corrected chi connectivity index (χ3v) is 6.11. The number of nitrogens with zero attached hydrogens (tertiary/aromatic N) is 3. The monoisotopic (exact) mass is 443 g/mol. The molecule has 0 unspecified atom stereocenters. The number of halogens is 1. The van der Waals surface area contributed by atoms with Crippen LogP contribution in [-0.4, -0.2) is 44.9 Å². The molecule has 1 aromatic heterocycles. The Balaban J connectivity index is 0.00000245. The van der Waals surface area contributed by atoms with Crippen molar-refractivity contribution in [1.82, 2.24) is 14.4 Å². The van der Waals surface area contributed by atoms with Crippen molar-refractivity contribution in [3.05, 3.63) is 71.2 Å². The molecule has 1 saturated heterocycles. The van der Waals surface area contributed by atoms with E-state index in [4.69, 9.17) is 0 Å². The van der Waals surface area contributed by atoms with Crippen molar-refractivity contribution in [2.75, 3.05) is 6.54 Å². The number of hydrogen-bond donors (Lipinski definition) is 0. The van der Waals surface area contributed by atoms with Gasteiger partial charge in [0.05, 0.1) is 6.54 Å². The number of hydrogen-bond acceptors (Lipinski definition) is 4. The minimum absolute atomic E-state index is 0. The zero-order valence-corrected chi connectivity index (χ0v) is 19.6. The summed E-state index contributed by atoms with van der Waals surface area (Å²) in [5, 5.41) is 11.8. The Hall–Kier alpha value is -2.68. The Bertz CT molecular complexity index is 1220. The molecular formula is C23H19FN3NaO4. The van der Waals surface area contributed by atoms with Crippen LogP contribution in [0.5, 0.6) is 0 Å². The van der Waals surface area contributed by atoms with Crippen LogP contribution >= 0.6 is 0 Å². The third kappa shape index (κ3) is 3.72. The minimum atomic E-state index is -1.30. The van der Waals surface area contributed by atoms with Crippen molar-refractivity contribution in [3.8, 4) is 0 Å². The van der Waals surface area contributed by atoms with Crippen LogP contribution in [0.15, 0.2) is 48.5 Å². The third-order valence-electron chi connectivity index (χ3n) is 6.11. The van der Waals surface area contributed by atoms with Crippen molar-refractivity contribution in [3.63, 3.8) is 0 Å². The summed E-state index contributed by atoms with van der Waals surface area (Å²) in [4.78, 5) is 39.0. The van der Waals surface area contributed by atoms with Crippen LogP contribution in [0.4, 0.5) is 9.18 Å². The van der Waals surface area contributed by atoms with Crippen LogP contribution in [-0.2, 0) is 29.1 Å². The number of carboxylic acids is 1. The summed E-state index contributed by atoms with van der Waals surface area (Å²) in [5.74, 6) is -1.97. The molecule has 0 spiro atoms. The molecule has 3 heterocycles. The standard InChI is InChI=1S/C23H20FN3O4.Na/c24-15-7-5-14(6-8-15)12-26-18-4-2-1-3-16(18)17-11-19-22(30)25(10-9-21(28)29)23(31)27(19)13-20(17)26;/h1-8,19H,9-13H2,(H,28,29);/q;+1/p-1/t19-;/m0./s1. The molecule has 2 aliphatic heterocycles. The molecule has 0 saturated carbocycles. The van der Waals surface area contributed by atoms with E-state index in [-0.39, 0.29) is 60.8 Å². The number of carbonyl (C=O) groups excluding carboxylic acids is 3. The molecule has 1 atom stereocenters. The summed E-state index contributed by atoms with van der Waals surface area (Å²) in [6.45, 7) is 0.570. The molecule has 9 heteroatoms. The summed E-state index contributed by atoms with van der Waals surface area (Å²) in [5.41, 5.74) is 3.87. The molecule has 1 fully saturated rings. The molecule has 32 heavy (non-hydrogen) atoms. The van der Waals surface area contributed by atoms with Gasteiger partial charge in [-0.15, -0.1) is 0 Å². The van der Waals surface area contributed by atoms with Gasteiger partial charge in [-0.05, 0) is 29.3 Å². The van der Waals surface area contributed by atoms with Gasteiger partial charge in [-0.25, -0.2) is 9.18 Å². The number of aromatic nitrogens is 1. The second kappa shape index (κ2) is 8.69. The zero-order valence-electron chi connectivity index (χ0n) is 17.6. The van der Waals surface area contributed by atoms with E-state index in [9.17, 15) is 23.9 Å². The predicted octanol–water partition coefficient (Wildman–Crippen LogP) is -1.34. The molecule has 2 aliphatic rings. The fraction of sp³-hybridized carbons (Fsp3) is 0.261. The number of carbonyl (C=O) groups is 3. The van der Waals surface area contributed by atoms with Crippen molar-refractivity contribution < 1.29 is 53.4 Å². The minimum Gasteiger partial charge on any atom is -0.550 e. The van der Waals surface area contributed by atoms with Crippen molar-refractivity contribution in [1.29, 1.82) is 0 Å². The number of benzene rings is 2. The van der Waals surface area contributed by atoms with E-state index in [2.05, 4.69) is 4.57 Å². The number of fused-ring (bicyclic) bond motifs is 4. The summed E-state index contributed by atoms with van der Waals surface area (Å²) in [6.07, 6.45) is -0.0105. The normalized spacial score (nSPS) is 17.3. The van der Waals surface area contributed by atoms with Gasteiger partial charge in [0.25, 0.3) is 5.91 Å². The second-order valence-electron chi connectivity index (χ2n) is 7.90. The Morgan fingerprint density at radius 1 is 1.09 bits per heavy atom. The van der Waals surface area contributed by atoms with E-state index < -0.39 is 18.0 Å². The fourth-order valence-corrected chi connectivity index (χ4v) is 4.62. The summed E-state index contributed by atoms with van der Waals surface area (Å²) < 4.78 is 15.4. The van der Waals surface area contributed by atoms with Crippen LogP contribution in [0.25, 0.3) is 10.9 Å². The van der Waals surface area contributed by atoms with Crippen LogP contribution in [0.1, 0.15) is 23.2 Å². The SMILES string of the molecule is O=C([O-])CCN1C(=O)[C@@H]2Cc3c(n(Cc4ccc(F)cc4)c4ccccc34)CN2C1=O.[Na+]. The average molecular weight is 443 g/mol. The van der Waals surface area contributed by atoms with Crippen molar-refractivity contribution >= 4 is 28.8 Å². The maximum absolute atomic E-state index is 13.3. The van der Waals surface area contributed by atoms with Crippen molar-refractivity contribution in [2.45, 2.75) is 32.0 Å². The molecule has 2 aromatic carbocycles. The van der Waals surface area contributed by atoms with E-state index >= 15 is 0 Å². The molecule has 0 bridgehead atoms. The molecule has 3 amide bonds. The quantitative estimate of drug-likeness (QED) is 0.361. The Morgan fingerprint density at radius 2 is 1.81 bits per heavy atom. The number of imide groups is 1. The van der Waals surface area contributed by atoms with Gasteiger partial charge in [0.2, 0.25) is 0 Å². The number of urea groups is 1. The van der Waals surface area contributed by atoms with Gasteiger partial charge < -0.3 is 19.4 Å². The number of aliphatic carboxylic acids is 1. The number of para-hydroxylation sites is 1. The maximum atomic E-state index is 13.3. The van der Waals surface area contributed by atoms with E-state index in [1.54, 1.807) is 12.1 Å². The van der Waals surface area contributed by atoms with E-state index in [1.165, 1.54) is 17.0 Å². The summed E-state index contributed by atoms with van der Waals surface area (Å²) in [7, 11) is 0. The maximum Gasteiger partial charge on any atom is 1.00 e. The summed E-state index contributed by atoms with van der Waals surface area (Å²) in [6, 6.07) is 13.1. The van der Waals surface area contributed by atoms with Crippen LogP contribution in [0.2, 0.25) is 0 Å². The van der Waals surface area contributed by atoms with Gasteiger partial charge in [-0.1, -0.05) is 30.3 Å². The number of amides is 3. The van der Waals surface area contributed by atoms with E-state index in [0.717, 1.165) is 32.6 Å². The molecule has 7 nitrogen and oxygen atoms in total. The van der Waals surface area contributed by atoms with Gasteiger partial charge >= 0.3 is 35.6 Å². The molecule has 0 aliphatic carbocycles. The van der Waals surface area contributed by atoms with E-state index in [1.807, 2.05) is 24.3 Å². The fourth-order valence-electron chi connectivity index (χ4n) is 4.62. The zero-order chi connectivity index (χ0) is 21.7. The largest absolute Gasteiger partial charge is 1.00 e. The first-order chi connectivity index (χ1) is 14.9. The van der Waals surface area contributed by atoms with Crippen molar-refractivity contribution in [2.24, 2.45) is 0 Å². The average Bonchev–Trinajstić information content (AvgIpc) is 3.19. The number of carboxylic acid groups (broad SMARTS) is 1. The van der Waals surface area contributed by atoms with Crippen LogP contribution in [0.3, 0.4) is 0 Å². The summed E-state index contributed by atoms with van der Waals surface area (Å²) >= 11 is 0. The first-order valence-electron chi connectivity index (χ1n) is 10.1. The van der Waals surface area contributed by atoms with Gasteiger partial charge in [0.1, 0.15) is 11.9 Å². The van der Waals surface area contributed by atoms with Gasteiger partial charge in [0, 0.05) is 48.5 Å². The topological polar surface area (TPSA) is 85.7 Å². The molecule has 3 aromatic rings. The Morgan fingerprint density at radius 3 is 2.53 bits per heavy atom. The van der Waals surface area contributed by atoms with Gasteiger partial charge in [-0.3, -0.25) is 9.69 Å². The molecule has 5 rings (SSSR count). The Kier molecular flexibility index (Phi) is 6.11. The Labute approximate surface area is 205 Å². The molecule has 0 radical (unpaired) electrons. The van der Waals surface area contributed by atoms with E-state index in [0.29, 0.717) is 13.0 Å². The number of rotatable bonds is 5. The van der Waals surface area contributed by atoms with Gasteiger partial charge in [-0.2, -0.15) is 0 Å². The first-order valence-corrected chi connectivity index (χ1v) is 10.1. The van der Waals surface area contributed by atoms with Gasteiger partial charge in [0.15, 0.2) is 0 Å².